The lowest BCUT2D eigenvalue weighted by atomic mass is 10.2. The Balaban J connectivity index is 1.61. The molecule has 0 aliphatic carbocycles. The number of hydrogen-bond acceptors (Lipinski definition) is 9. The van der Waals surface area contributed by atoms with Crippen molar-refractivity contribution >= 4 is 28.2 Å². The van der Waals surface area contributed by atoms with E-state index in [9.17, 15) is 0 Å². The molecular formula is C15H15N5O2S2. The SMILES string of the molecule is C=CCNc1nnc(SCc2nc(-c3cccc(OC)c3)no2)s1. The molecule has 0 bridgehead atoms. The Bertz CT molecular complexity index is 818. The van der Waals surface area contributed by atoms with Crippen LogP contribution in [0.3, 0.4) is 0 Å². The van der Waals surface area contributed by atoms with Gasteiger partial charge in [0, 0.05) is 12.1 Å². The zero-order valence-electron chi connectivity index (χ0n) is 12.9. The first-order valence-electron chi connectivity index (χ1n) is 7.06. The maximum atomic E-state index is 5.29. The highest BCUT2D eigenvalue weighted by atomic mass is 32.2. The summed E-state index contributed by atoms with van der Waals surface area (Å²) in [5.41, 5.74) is 0.848. The van der Waals surface area contributed by atoms with Crippen molar-refractivity contribution in [2.45, 2.75) is 10.1 Å². The Kier molecular flexibility index (Phi) is 5.44. The monoisotopic (exact) mass is 361 g/mol. The Hall–Kier alpha value is -2.39. The van der Waals surface area contributed by atoms with Gasteiger partial charge in [-0.05, 0) is 12.1 Å². The Morgan fingerprint density at radius 3 is 3.17 bits per heavy atom. The molecule has 3 rings (SSSR count). The second-order valence-electron chi connectivity index (χ2n) is 4.58. The molecule has 0 atom stereocenters. The zero-order valence-corrected chi connectivity index (χ0v) is 14.6. The van der Waals surface area contributed by atoms with Gasteiger partial charge in [0.15, 0.2) is 4.34 Å². The summed E-state index contributed by atoms with van der Waals surface area (Å²) >= 11 is 2.98. The summed E-state index contributed by atoms with van der Waals surface area (Å²) in [6, 6.07) is 7.53. The highest BCUT2D eigenvalue weighted by Crippen LogP contribution is 2.28. The van der Waals surface area contributed by atoms with E-state index in [1.165, 1.54) is 23.1 Å². The summed E-state index contributed by atoms with van der Waals surface area (Å²) in [5.74, 6) is 2.36. The van der Waals surface area contributed by atoms with Gasteiger partial charge in [0.05, 0.1) is 12.9 Å². The van der Waals surface area contributed by atoms with Crippen LogP contribution in [0.25, 0.3) is 11.4 Å². The van der Waals surface area contributed by atoms with Gasteiger partial charge in [-0.3, -0.25) is 0 Å². The average Bonchev–Trinajstić information content (AvgIpc) is 3.27. The normalized spacial score (nSPS) is 10.5. The van der Waals surface area contributed by atoms with Crippen LogP contribution in [-0.2, 0) is 5.75 Å². The van der Waals surface area contributed by atoms with Gasteiger partial charge in [-0.1, -0.05) is 46.5 Å². The second-order valence-corrected chi connectivity index (χ2v) is 6.78. The van der Waals surface area contributed by atoms with Gasteiger partial charge in [0.1, 0.15) is 5.75 Å². The van der Waals surface area contributed by atoms with E-state index >= 15 is 0 Å². The number of methoxy groups -OCH3 is 1. The van der Waals surface area contributed by atoms with Crippen molar-refractivity contribution in [1.29, 1.82) is 0 Å². The molecule has 0 radical (unpaired) electrons. The van der Waals surface area contributed by atoms with E-state index in [1.807, 2.05) is 24.3 Å². The fourth-order valence-electron chi connectivity index (χ4n) is 1.82. The molecule has 2 heterocycles. The van der Waals surface area contributed by atoms with Crippen molar-refractivity contribution in [1.82, 2.24) is 20.3 Å². The van der Waals surface area contributed by atoms with Crippen molar-refractivity contribution in [3.63, 3.8) is 0 Å². The summed E-state index contributed by atoms with van der Waals surface area (Å²) in [5, 5.41) is 16.0. The third kappa shape index (κ3) is 4.12. The van der Waals surface area contributed by atoms with Crippen LogP contribution in [0.1, 0.15) is 5.89 Å². The van der Waals surface area contributed by atoms with Crippen LogP contribution in [-0.4, -0.2) is 34.0 Å². The molecule has 124 valence electrons. The molecule has 1 aromatic carbocycles. The second kappa shape index (κ2) is 7.93. The molecule has 0 aliphatic rings. The minimum absolute atomic E-state index is 0.535. The largest absolute Gasteiger partial charge is 0.497 e. The minimum atomic E-state index is 0.535. The Morgan fingerprint density at radius 2 is 2.33 bits per heavy atom. The number of anilines is 1. The number of hydrogen-bond donors (Lipinski definition) is 1. The smallest absolute Gasteiger partial charge is 0.237 e. The molecule has 2 aromatic heterocycles. The maximum Gasteiger partial charge on any atom is 0.237 e. The van der Waals surface area contributed by atoms with Crippen LogP contribution in [0.5, 0.6) is 5.75 Å². The molecule has 0 amide bonds. The molecule has 0 fully saturated rings. The summed E-state index contributed by atoms with van der Waals surface area (Å²) < 4.78 is 11.3. The predicted octanol–water partition coefficient (Wildman–Crippen LogP) is 3.49. The van der Waals surface area contributed by atoms with E-state index in [0.717, 1.165) is 20.8 Å². The topological polar surface area (TPSA) is 86.0 Å². The zero-order chi connectivity index (χ0) is 16.8. The van der Waals surface area contributed by atoms with Gasteiger partial charge in [0.25, 0.3) is 0 Å². The van der Waals surface area contributed by atoms with Gasteiger partial charge in [-0.25, -0.2) is 0 Å². The van der Waals surface area contributed by atoms with E-state index < -0.39 is 0 Å². The lowest BCUT2D eigenvalue weighted by molar-refractivity contribution is 0.391. The van der Waals surface area contributed by atoms with Crippen molar-refractivity contribution in [3.8, 4) is 17.1 Å². The van der Waals surface area contributed by atoms with Crippen LogP contribution in [0.4, 0.5) is 5.13 Å². The van der Waals surface area contributed by atoms with Crippen molar-refractivity contribution in [3.05, 3.63) is 42.8 Å². The highest BCUT2D eigenvalue weighted by Gasteiger charge is 2.11. The summed E-state index contributed by atoms with van der Waals surface area (Å²) in [6.07, 6.45) is 1.77. The van der Waals surface area contributed by atoms with Crippen molar-refractivity contribution in [2.24, 2.45) is 0 Å². The van der Waals surface area contributed by atoms with Gasteiger partial charge >= 0.3 is 0 Å². The van der Waals surface area contributed by atoms with Gasteiger partial charge < -0.3 is 14.6 Å². The summed E-state index contributed by atoms with van der Waals surface area (Å²) in [6.45, 7) is 4.31. The standard InChI is InChI=1S/C15H15N5O2S2/c1-3-7-16-14-18-19-15(24-14)23-9-12-17-13(20-22-12)10-5-4-6-11(8-10)21-2/h3-6,8H,1,7,9H2,2H3,(H,16,18). The van der Waals surface area contributed by atoms with Crippen LogP contribution in [0.15, 0.2) is 45.8 Å². The van der Waals surface area contributed by atoms with E-state index in [-0.39, 0.29) is 0 Å². The van der Waals surface area contributed by atoms with Gasteiger partial charge in [-0.2, -0.15) is 4.98 Å². The molecule has 1 N–H and O–H groups in total. The predicted molar refractivity (Wildman–Crippen MR) is 94.4 cm³/mol. The first kappa shape index (κ1) is 16.5. The number of aromatic nitrogens is 4. The van der Waals surface area contributed by atoms with E-state index in [4.69, 9.17) is 9.26 Å². The molecule has 7 nitrogen and oxygen atoms in total. The first-order valence-corrected chi connectivity index (χ1v) is 8.87. The minimum Gasteiger partial charge on any atom is -0.497 e. The molecule has 0 saturated heterocycles. The van der Waals surface area contributed by atoms with E-state index in [2.05, 4.69) is 32.2 Å². The highest BCUT2D eigenvalue weighted by molar-refractivity contribution is 8.00. The fraction of sp³-hybridized carbons (Fsp3) is 0.200. The van der Waals surface area contributed by atoms with E-state index in [0.29, 0.717) is 24.0 Å². The van der Waals surface area contributed by atoms with Crippen LogP contribution in [0, 0.1) is 0 Å². The number of nitrogens with zero attached hydrogens (tertiary/aromatic N) is 4. The summed E-state index contributed by atoms with van der Waals surface area (Å²) in [4.78, 5) is 4.40. The summed E-state index contributed by atoms with van der Waals surface area (Å²) in [7, 11) is 1.62. The molecule has 0 aliphatic heterocycles. The Labute approximate surface area is 147 Å². The third-order valence-corrected chi connectivity index (χ3v) is 4.92. The lowest BCUT2D eigenvalue weighted by Crippen LogP contribution is -1.96. The average molecular weight is 361 g/mol. The number of rotatable bonds is 8. The van der Waals surface area contributed by atoms with E-state index in [1.54, 1.807) is 13.2 Å². The molecule has 9 heteroatoms. The molecular weight excluding hydrogens is 346 g/mol. The maximum absolute atomic E-state index is 5.29. The fourth-order valence-corrected chi connectivity index (χ4v) is 3.41. The molecule has 3 aromatic rings. The van der Waals surface area contributed by atoms with Crippen molar-refractivity contribution in [2.75, 3.05) is 19.0 Å². The third-order valence-electron chi connectivity index (χ3n) is 2.92. The number of benzene rings is 1. The van der Waals surface area contributed by atoms with Gasteiger partial charge in [0.2, 0.25) is 16.8 Å². The van der Waals surface area contributed by atoms with Crippen LogP contribution in [0.2, 0.25) is 0 Å². The van der Waals surface area contributed by atoms with Crippen LogP contribution >= 0.6 is 23.1 Å². The molecule has 24 heavy (non-hydrogen) atoms. The number of thioether (sulfide) groups is 1. The molecule has 0 saturated carbocycles. The van der Waals surface area contributed by atoms with Gasteiger partial charge in [-0.15, -0.1) is 16.8 Å². The first-order chi connectivity index (χ1) is 11.8. The quantitative estimate of drug-likeness (QED) is 0.482. The van der Waals surface area contributed by atoms with Crippen molar-refractivity contribution < 1.29 is 9.26 Å². The number of ether oxygens (including phenoxy) is 1. The Morgan fingerprint density at radius 1 is 1.42 bits per heavy atom. The van der Waals surface area contributed by atoms with Crippen LogP contribution < -0.4 is 10.1 Å². The number of nitrogens with one attached hydrogen (secondary N) is 1. The molecule has 0 unspecified atom stereocenters. The lowest BCUT2D eigenvalue weighted by Gasteiger charge is -1.99. The molecule has 0 spiro atoms.